The molecule has 0 fully saturated rings. The first-order chi connectivity index (χ1) is 12.9. The summed E-state index contributed by atoms with van der Waals surface area (Å²) in [6.07, 6.45) is 10.9. The molecular formula is C22H37NO3Se. The molecule has 1 unspecified atom stereocenters. The van der Waals surface area contributed by atoms with Crippen molar-refractivity contribution in [3.8, 4) is 0 Å². The first kappa shape index (κ1) is 24.0. The Labute approximate surface area is 169 Å². The van der Waals surface area contributed by atoms with Crippen LogP contribution in [0.25, 0.3) is 0 Å². The molecule has 0 radical (unpaired) electrons. The number of carbonyl (C=O) groups is 1. The SMILES string of the molecule is C[N+](C)(CCCCCCCCCCC[Se](=O)Cc1ccccc1)CC(=O)[O-]. The van der Waals surface area contributed by atoms with Gasteiger partial charge in [-0.25, -0.2) is 0 Å². The number of hydrogen-bond donors (Lipinski definition) is 0. The number of carboxylic acids is 1. The predicted octanol–water partition coefficient (Wildman–Crippen LogP) is 3.53. The van der Waals surface area contributed by atoms with E-state index in [0.29, 0.717) is 4.48 Å². The third-order valence-electron chi connectivity index (χ3n) is 4.86. The number of carboxylic acid groups (broad SMARTS) is 1. The summed E-state index contributed by atoms with van der Waals surface area (Å²) in [5.41, 5.74) is 1.21. The summed E-state index contributed by atoms with van der Waals surface area (Å²) < 4.78 is 12.7. The first-order valence-electron chi connectivity index (χ1n) is 10.3. The van der Waals surface area contributed by atoms with Gasteiger partial charge in [0.25, 0.3) is 0 Å². The number of quaternary nitrogens is 1. The molecule has 0 aromatic heterocycles. The Hall–Kier alpha value is -1.03. The zero-order valence-corrected chi connectivity index (χ0v) is 18.9. The summed E-state index contributed by atoms with van der Waals surface area (Å²) in [7, 11) is 3.90. The normalized spacial score (nSPS) is 12.8. The van der Waals surface area contributed by atoms with Gasteiger partial charge in [-0.15, -0.1) is 0 Å². The second-order valence-electron chi connectivity index (χ2n) is 8.15. The zero-order chi connectivity index (χ0) is 20.0. The molecule has 27 heavy (non-hydrogen) atoms. The molecular weight excluding hydrogens is 405 g/mol. The van der Waals surface area contributed by atoms with Gasteiger partial charge >= 0.3 is 133 Å². The van der Waals surface area contributed by atoms with Crippen LogP contribution in [0.5, 0.6) is 0 Å². The molecule has 4 nitrogen and oxygen atoms in total. The van der Waals surface area contributed by atoms with Gasteiger partial charge in [0.15, 0.2) is 0 Å². The van der Waals surface area contributed by atoms with Crippen molar-refractivity contribution in [2.75, 3.05) is 27.2 Å². The van der Waals surface area contributed by atoms with Crippen LogP contribution in [0, 0.1) is 0 Å². The molecule has 0 aliphatic rings. The summed E-state index contributed by atoms with van der Waals surface area (Å²) in [5, 5.41) is 12.4. The maximum Gasteiger partial charge on any atom is 0.119 e. The van der Waals surface area contributed by atoms with Crippen molar-refractivity contribution in [1.82, 2.24) is 0 Å². The monoisotopic (exact) mass is 443 g/mol. The van der Waals surface area contributed by atoms with E-state index < -0.39 is 19.8 Å². The molecule has 0 amide bonds. The average molecular weight is 443 g/mol. The second kappa shape index (κ2) is 14.0. The summed E-state index contributed by atoms with van der Waals surface area (Å²) in [5.74, 6) is -0.967. The van der Waals surface area contributed by atoms with Gasteiger partial charge in [-0.2, -0.15) is 0 Å². The van der Waals surface area contributed by atoms with Gasteiger partial charge < -0.3 is 9.90 Å². The third-order valence-corrected chi connectivity index (χ3v) is 7.80. The molecule has 0 aliphatic carbocycles. The molecule has 0 heterocycles. The van der Waals surface area contributed by atoms with Gasteiger partial charge in [-0.05, 0) is 0 Å². The zero-order valence-electron chi connectivity index (χ0n) is 17.2. The largest absolute Gasteiger partial charge is 0.544 e. The summed E-state index contributed by atoms with van der Waals surface area (Å²) in [6, 6.07) is 10.2. The van der Waals surface area contributed by atoms with Crippen LogP contribution in [0.2, 0.25) is 5.32 Å². The quantitative estimate of drug-likeness (QED) is 0.224. The minimum atomic E-state index is -1.69. The minimum absolute atomic E-state index is 0.0954. The molecule has 1 aromatic carbocycles. The van der Waals surface area contributed by atoms with Crippen LogP contribution in [0.15, 0.2) is 30.3 Å². The molecule has 0 aliphatic heterocycles. The van der Waals surface area contributed by atoms with Crippen molar-refractivity contribution in [1.29, 1.82) is 0 Å². The van der Waals surface area contributed by atoms with Crippen molar-refractivity contribution in [3.05, 3.63) is 35.9 Å². The fourth-order valence-corrected chi connectivity index (χ4v) is 5.89. The van der Waals surface area contributed by atoms with E-state index in [1.807, 2.05) is 32.3 Å². The van der Waals surface area contributed by atoms with Crippen molar-refractivity contribution in [2.24, 2.45) is 0 Å². The van der Waals surface area contributed by atoms with E-state index >= 15 is 0 Å². The predicted molar refractivity (Wildman–Crippen MR) is 110 cm³/mol. The van der Waals surface area contributed by atoms with E-state index in [4.69, 9.17) is 0 Å². The van der Waals surface area contributed by atoms with Gasteiger partial charge in [0.05, 0.1) is 20.1 Å². The minimum Gasteiger partial charge on any atom is -0.544 e. The van der Waals surface area contributed by atoms with Crippen LogP contribution in [0.3, 0.4) is 0 Å². The van der Waals surface area contributed by atoms with Crippen LogP contribution in [-0.2, 0) is 13.9 Å². The fraction of sp³-hybridized carbons (Fsp3) is 0.682. The summed E-state index contributed by atoms with van der Waals surface area (Å²) >= 11 is -1.69. The van der Waals surface area contributed by atoms with Crippen molar-refractivity contribution in [3.63, 3.8) is 0 Å². The number of benzene rings is 1. The van der Waals surface area contributed by atoms with Crippen LogP contribution < -0.4 is 5.11 Å². The molecule has 1 rings (SSSR count). The molecule has 5 heteroatoms. The Balaban J connectivity index is 1.89. The molecule has 0 bridgehead atoms. The Morgan fingerprint density at radius 3 is 1.96 bits per heavy atom. The number of nitrogens with zero attached hydrogens (tertiary/aromatic N) is 1. The second-order valence-corrected chi connectivity index (χ2v) is 11.5. The molecule has 0 saturated heterocycles. The maximum absolute atomic E-state index is 12.1. The van der Waals surface area contributed by atoms with Gasteiger partial charge in [-0.1, -0.05) is 0 Å². The van der Waals surface area contributed by atoms with Crippen molar-refractivity contribution >= 4 is 19.8 Å². The summed E-state index contributed by atoms with van der Waals surface area (Å²) in [4.78, 5) is 10.7. The van der Waals surface area contributed by atoms with Crippen LogP contribution in [0.4, 0.5) is 0 Å². The number of hydrogen-bond acceptors (Lipinski definition) is 3. The number of likely N-dealkylation sites (N-methyl/N-ethyl adjacent to an activating group) is 1. The van der Waals surface area contributed by atoms with Gasteiger partial charge in [0.1, 0.15) is 6.54 Å². The Morgan fingerprint density at radius 1 is 0.889 bits per heavy atom. The van der Waals surface area contributed by atoms with E-state index in [1.165, 1.54) is 50.5 Å². The maximum atomic E-state index is 12.1. The Kier molecular flexibility index (Phi) is 12.5. The number of aliphatic carboxylic acids is 1. The van der Waals surface area contributed by atoms with Gasteiger partial charge in [-0.3, -0.25) is 0 Å². The molecule has 0 saturated carbocycles. The molecule has 1 atom stereocenters. The van der Waals surface area contributed by atoms with Crippen LogP contribution >= 0.6 is 0 Å². The van der Waals surface area contributed by atoms with E-state index in [9.17, 15) is 13.7 Å². The summed E-state index contributed by atoms with van der Waals surface area (Å²) in [6.45, 7) is 0.995. The van der Waals surface area contributed by atoms with Crippen molar-refractivity contribution < 1.29 is 18.2 Å². The van der Waals surface area contributed by atoms with E-state index in [2.05, 4.69) is 12.1 Å². The number of unbranched alkanes of at least 4 members (excludes halogenated alkanes) is 8. The Morgan fingerprint density at radius 2 is 1.41 bits per heavy atom. The average Bonchev–Trinajstić information content (AvgIpc) is 2.59. The van der Waals surface area contributed by atoms with Crippen molar-refractivity contribution in [2.45, 2.75) is 68.4 Å². The van der Waals surface area contributed by atoms with Gasteiger partial charge in [0, 0.05) is 0 Å². The topological polar surface area (TPSA) is 57.2 Å². The standard InChI is InChI=1S/C22H37NO3Se/c1-23(2,19-22(24)25)17-13-8-6-4-3-5-7-9-14-18-27(26)20-21-15-11-10-12-16-21/h10-12,15-16H,3-9,13-14,17-20H2,1-2H3. The molecule has 0 N–H and O–H groups in total. The number of rotatable bonds is 16. The van der Waals surface area contributed by atoms with Crippen LogP contribution in [0.1, 0.15) is 63.4 Å². The van der Waals surface area contributed by atoms with E-state index in [-0.39, 0.29) is 6.54 Å². The molecule has 0 spiro atoms. The third kappa shape index (κ3) is 13.7. The smallest absolute Gasteiger partial charge is 0.119 e. The Bertz CT molecular complexity index is 546. The van der Waals surface area contributed by atoms with E-state index in [1.54, 1.807) is 0 Å². The van der Waals surface area contributed by atoms with Gasteiger partial charge in [0.2, 0.25) is 0 Å². The first-order valence-corrected chi connectivity index (χ1v) is 13.4. The van der Waals surface area contributed by atoms with E-state index in [0.717, 1.165) is 30.0 Å². The fourth-order valence-electron chi connectivity index (χ4n) is 3.30. The molecule has 1 aromatic rings. The molecule has 154 valence electrons. The van der Waals surface area contributed by atoms with Crippen LogP contribution in [-0.4, -0.2) is 51.5 Å². The number of carbonyl (C=O) groups excluding carboxylic acids is 1.